The molecule has 6 nitrogen and oxygen atoms in total. The van der Waals surface area contributed by atoms with E-state index < -0.39 is 0 Å². The number of amides is 1. The van der Waals surface area contributed by atoms with Crippen molar-refractivity contribution in [3.8, 4) is 0 Å². The van der Waals surface area contributed by atoms with E-state index in [1.807, 2.05) is 0 Å². The molecule has 9 heteroatoms. The summed E-state index contributed by atoms with van der Waals surface area (Å²) in [6, 6.07) is 4.20. The Labute approximate surface area is 150 Å². The van der Waals surface area contributed by atoms with Crippen LogP contribution < -0.4 is 5.32 Å². The number of rotatable bonds is 5. The van der Waals surface area contributed by atoms with Gasteiger partial charge < -0.3 is 5.32 Å². The maximum absolute atomic E-state index is 13.0. The number of aromatic nitrogens is 4. The molecular weight excluding hydrogens is 401 g/mol. The lowest BCUT2D eigenvalue weighted by atomic mass is 10.2. The number of carbonyl (C=O) groups excluding carboxylic acids is 1. The maximum atomic E-state index is 13.0. The Balaban J connectivity index is 1.61. The quantitative estimate of drug-likeness (QED) is 0.699. The third kappa shape index (κ3) is 4.21. The van der Waals surface area contributed by atoms with Gasteiger partial charge in [0.25, 0.3) is 0 Å². The van der Waals surface area contributed by atoms with Gasteiger partial charge in [-0.3, -0.25) is 14.2 Å². The predicted molar refractivity (Wildman–Crippen MR) is 91.3 cm³/mol. The lowest BCUT2D eigenvalue weighted by Crippen LogP contribution is -2.18. The zero-order valence-corrected chi connectivity index (χ0v) is 14.6. The average molecular weight is 413 g/mol. The van der Waals surface area contributed by atoms with Crippen LogP contribution >= 0.6 is 27.5 Å². The van der Waals surface area contributed by atoms with Gasteiger partial charge in [-0.05, 0) is 33.6 Å². The number of hydrogen-bond acceptors (Lipinski definition) is 3. The topological polar surface area (TPSA) is 64.7 Å². The molecule has 2 heterocycles. The second-order valence-electron chi connectivity index (χ2n) is 5.07. The van der Waals surface area contributed by atoms with E-state index in [4.69, 9.17) is 11.6 Å². The molecule has 0 aliphatic heterocycles. The predicted octanol–water partition coefficient (Wildman–Crippen LogP) is 3.32. The van der Waals surface area contributed by atoms with Crippen LogP contribution in [-0.2, 0) is 17.9 Å². The first-order valence-corrected chi connectivity index (χ1v) is 8.11. The summed E-state index contributed by atoms with van der Waals surface area (Å²) in [5.74, 6) is -0.604. The van der Waals surface area contributed by atoms with Gasteiger partial charge in [-0.25, -0.2) is 4.39 Å². The van der Waals surface area contributed by atoms with Gasteiger partial charge in [0.05, 0.1) is 29.1 Å². The SMILES string of the molecule is O=C(Cn1cc(Br)cn1)Nc1cnn(Cc2ccc(F)cc2Cl)c1. The van der Waals surface area contributed by atoms with Gasteiger partial charge in [0.2, 0.25) is 5.91 Å². The van der Waals surface area contributed by atoms with Crippen LogP contribution in [0.5, 0.6) is 0 Å². The van der Waals surface area contributed by atoms with Crippen LogP contribution in [0.2, 0.25) is 5.02 Å². The highest BCUT2D eigenvalue weighted by Gasteiger charge is 2.08. The minimum atomic E-state index is -0.387. The highest BCUT2D eigenvalue weighted by molar-refractivity contribution is 9.10. The van der Waals surface area contributed by atoms with Crippen LogP contribution in [0, 0.1) is 5.82 Å². The molecule has 1 amide bonds. The van der Waals surface area contributed by atoms with E-state index in [1.54, 1.807) is 29.3 Å². The van der Waals surface area contributed by atoms with Crippen molar-refractivity contribution in [2.75, 3.05) is 5.32 Å². The lowest BCUT2D eigenvalue weighted by Gasteiger charge is -2.05. The largest absolute Gasteiger partial charge is 0.322 e. The van der Waals surface area contributed by atoms with Crippen molar-refractivity contribution in [3.05, 3.63) is 63.9 Å². The fraction of sp³-hybridized carbons (Fsp3) is 0.133. The first-order chi connectivity index (χ1) is 11.5. The maximum Gasteiger partial charge on any atom is 0.246 e. The van der Waals surface area contributed by atoms with Crippen LogP contribution in [0.25, 0.3) is 0 Å². The van der Waals surface area contributed by atoms with Crippen LogP contribution in [0.3, 0.4) is 0 Å². The molecule has 0 unspecified atom stereocenters. The standard InChI is InChI=1S/C15H12BrClFN5O/c16-11-4-19-23(7-11)9-15(24)21-13-5-20-22(8-13)6-10-1-2-12(18)3-14(10)17/h1-5,7-8H,6,9H2,(H,21,24). The lowest BCUT2D eigenvalue weighted by molar-refractivity contribution is -0.116. The molecule has 1 N–H and O–H groups in total. The van der Waals surface area contributed by atoms with Gasteiger partial charge in [-0.2, -0.15) is 10.2 Å². The Hall–Kier alpha value is -2.19. The molecule has 3 aromatic rings. The second-order valence-corrected chi connectivity index (χ2v) is 6.39. The fourth-order valence-corrected chi connectivity index (χ4v) is 2.67. The Morgan fingerprint density at radius 1 is 1.25 bits per heavy atom. The van der Waals surface area contributed by atoms with Gasteiger partial charge in [-0.15, -0.1) is 0 Å². The summed E-state index contributed by atoms with van der Waals surface area (Å²) in [6.45, 7) is 0.474. The summed E-state index contributed by atoms with van der Waals surface area (Å²) in [5.41, 5.74) is 1.30. The van der Waals surface area contributed by atoms with E-state index >= 15 is 0 Å². The number of anilines is 1. The number of nitrogens with zero attached hydrogens (tertiary/aromatic N) is 4. The first-order valence-electron chi connectivity index (χ1n) is 6.94. The van der Waals surface area contributed by atoms with Gasteiger partial charge in [0, 0.05) is 17.4 Å². The second kappa shape index (κ2) is 7.14. The molecule has 0 saturated carbocycles. The van der Waals surface area contributed by atoms with E-state index in [0.717, 1.165) is 10.0 Å². The van der Waals surface area contributed by atoms with Gasteiger partial charge in [0.1, 0.15) is 12.4 Å². The van der Waals surface area contributed by atoms with E-state index in [9.17, 15) is 9.18 Å². The van der Waals surface area contributed by atoms with Crippen molar-refractivity contribution in [1.82, 2.24) is 19.6 Å². The van der Waals surface area contributed by atoms with Crippen molar-refractivity contribution >= 4 is 39.1 Å². The summed E-state index contributed by atoms with van der Waals surface area (Å²) < 4.78 is 17.0. The third-order valence-electron chi connectivity index (χ3n) is 3.17. The molecule has 2 aromatic heterocycles. The van der Waals surface area contributed by atoms with E-state index in [0.29, 0.717) is 17.3 Å². The number of nitrogens with one attached hydrogen (secondary N) is 1. The zero-order chi connectivity index (χ0) is 17.1. The molecule has 0 aliphatic rings. The Bertz CT molecular complexity index is 878. The smallest absolute Gasteiger partial charge is 0.246 e. The normalized spacial score (nSPS) is 10.8. The van der Waals surface area contributed by atoms with Gasteiger partial charge in [0.15, 0.2) is 0 Å². The molecule has 0 bridgehead atoms. The molecule has 1 aromatic carbocycles. The summed E-state index contributed by atoms with van der Waals surface area (Å²) in [4.78, 5) is 12.0. The highest BCUT2D eigenvalue weighted by atomic mass is 79.9. The van der Waals surface area contributed by atoms with Crippen molar-refractivity contribution in [2.24, 2.45) is 0 Å². The van der Waals surface area contributed by atoms with E-state index in [-0.39, 0.29) is 18.3 Å². The molecule has 0 aliphatic carbocycles. The molecule has 0 spiro atoms. The summed E-state index contributed by atoms with van der Waals surface area (Å²) in [7, 11) is 0. The van der Waals surface area contributed by atoms with Crippen molar-refractivity contribution < 1.29 is 9.18 Å². The molecule has 3 rings (SSSR count). The molecule has 0 atom stereocenters. The number of hydrogen-bond donors (Lipinski definition) is 1. The molecule has 0 fully saturated rings. The van der Waals surface area contributed by atoms with E-state index in [2.05, 4.69) is 31.4 Å². The van der Waals surface area contributed by atoms with E-state index in [1.165, 1.54) is 23.0 Å². The number of halogens is 3. The Kier molecular flexibility index (Phi) is 4.96. The van der Waals surface area contributed by atoms with Crippen molar-refractivity contribution in [2.45, 2.75) is 13.1 Å². The fourth-order valence-electron chi connectivity index (χ4n) is 2.11. The average Bonchev–Trinajstić information content (AvgIpc) is 3.11. The van der Waals surface area contributed by atoms with Crippen LogP contribution in [-0.4, -0.2) is 25.5 Å². The highest BCUT2D eigenvalue weighted by Crippen LogP contribution is 2.18. The van der Waals surface area contributed by atoms with Crippen molar-refractivity contribution in [1.29, 1.82) is 0 Å². The molecule has 124 valence electrons. The van der Waals surface area contributed by atoms with Crippen LogP contribution in [0.15, 0.2) is 47.5 Å². The molecule has 0 radical (unpaired) electrons. The van der Waals surface area contributed by atoms with Gasteiger partial charge >= 0.3 is 0 Å². The Morgan fingerprint density at radius 3 is 2.75 bits per heavy atom. The summed E-state index contributed by atoms with van der Waals surface area (Å²) in [6.07, 6.45) is 6.53. The zero-order valence-electron chi connectivity index (χ0n) is 12.3. The molecular formula is C15H12BrClFN5O. The Morgan fingerprint density at radius 2 is 2.04 bits per heavy atom. The monoisotopic (exact) mass is 411 g/mol. The van der Waals surface area contributed by atoms with Crippen molar-refractivity contribution in [3.63, 3.8) is 0 Å². The first kappa shape index (κ1) is 16.7. The number of carbonyl (C=O) groups is 1. The minimum Gasteiger partial charge on any atom is -0.322 e. The summed E-state index contributed by atoms with van der Waals surface area (Å²) >= 11 is 9.27. The van der Waals surface area contributed by atoms with Crippen LogP contribution in [0.1, 0.15) is 5.56 Å². The van der Waals surface area contributed by atoms with Gasteiger partial charge in [-0.1, -0.05) is 17.7 Å². The third-order valence-corrected chi connectivity index (χ3v) is 3.93. The van der Waals surface area contributed by atoms with Crippen LogP contribution in [0.4, 0.5) is 10.1 Å². The summed E-state index contributed by atoms with van der Waals surface area (Å²) in [5, 5.41) is 11.2. The number of benzene rings is 1. The minimum absolute atomic E-state index is 0.0978. The molecule has 0 saturated heterocycles. The molecule has 24 heavy (non-hydrogen) atoms.